The van der Waals surface area contributed by atoms with Crippen molar-refractivity contribution in [3.8, 4) is 0 Å². The molecule has 1 unspecified atom stereocenters. The van der Waals surface area contributed by atoms with Crippen LogP contribution in [0.5, 0.6) is 0 Å². The van der Waals surface area contributed by atoms with Crippen LogP contribution in [0.15, 0.2) is 29.3 Å². The topological polar surface area (TPSA) is 41.5 Å². The van der Waals surface area contributed by atoms with Gasteiger partial charge in [0.05, 0.1) is 11.3 Å². The van der Waals surface area contributed by atoms with Gasteiger partial charge in [-0.25, -0.2) is 0 Å². The Morgan fingerprint density at radius 2 is 1.84 bits per heavy atom. The van der Waals surface area contributed by atoms with Crippen molar-refractivity contribution in [1.29, 1.82) is 0 Å². The Bertz CT molecular complexity index is 493. The molecular formula is C15H20N2OS. The highest BCUT2D eigenvalue weighted by Gasteiger charge is 2.32. The molecule has 0 spiro atoms. The summed E-state index contributed by atoms with van der Waals surface area (Å²) >= 11 is 1.54. The van der Waals surface area contributed by atoms with Gasteiger partial charge >= 0.3 is 0 Å². The van der Waals surface area contributed by atoms with E-state index in [0.717, 1.165) is 5.17 Å². The molecule has 2 rings (SSSR count). The Morgan fingerprint density at radius 3 is 2.37 bits per heavy atom. The summed E-state index contributed by atoms with van der Waals surface area (Å²) < 4.78 is 0. The molecule has 1 amide bonds. The molecule has 0 aliphatic carbocycles. The summed E-state index contributed by atoms with van der Waals surface area (Å²) in [5, 5.41) is 3.61. The average Bonchev–Trinajstić information content (AvgIpc) is 2.71. The number of nitrogens with one attached hydrogen (secondary N) is 1. The van der Waals surface area contributed by atoms with Gasteiger partial charge in [0.25, 0.3) is 0 Å². The van der Waals surface area contributed by atoms with Gasteiger partial charge < -0.3 is 5.32 Å². The number of aliphatic imine (C=N–C) groups is 1. The lowest BCUT2D eigenvalue weighted by molar-refractivity contribution is -0.119. The number of amidine groups is 1. The van der Waals surface area contributed by atoms with Gasteiger partial charge in [-0.1, -0.05) is 55.4 Å². The molecule has 3 nitrogen and oxygen atoms in total. The zero-order chi connectivity index (χ0) is 14.0. The number of carbonyl (C=O) groups excluding carboxylic acids is 1. The van der Waals surface area contributed by atoms with Crippen molar-refractivity contribution in [1.82, 2.24) is 5.32 Å². The average molecular weight is 276 g/mol. The maximum atomic E-state index is 11.8. The summed E-state index contributed by atoms with van der Waals surface area (Å²) in [6.07, 6.45) is 0. The zero-order valence-corrected chi connectivity index (χ0v) is 12.6. The molecular weight excluding hydrogens is 256 g/mol. The second kappa shape index (κ2) is 5.78. The SMILES string of the molecule is Cc1ccc(C(C)N=C2NC(=O)[C@@H](C(C)C)S2)cc1. The second-order valence-electron chi connectivity index (χ2n) is 5.29. The first-order chi connectivity index (χ1) is 8.97. The molecule has 1 aliphatic rings. The molecule has 19 heavy (non-hydrogen) atoms. The molecule has 1 N–H and O–H groups in total. The van der Waals surface area contributed by atoms with E-state index in [9.17, 15) is 4.79 Å². The lowest BCUT2D eigenvalue weighted by Crippen LogP contribution is -2.27. The van der Waals surface area contributed by atoms with E-state index in [1.165, 1.54) is 11.1 Å². The van der Waals surface area contributed by atoms with Crippen LogP contribution in [-0.2, 0) is 4.79 Å². The fraction of sp³-hybridized carbons (Fsp3) is 0.467. The minimum atomic E-state index is -0.0102. The molecule has 1 saturated heterocycles. The van der Waals surface area contributed by atoms with Gasteiger partial charge in [0.2, 0.25) is 5.91 Å². The second-order valence-corrected chi connectivity index (χ2v) is 6.42. The Kier molecular flexibility index (Phi) is 4.30. The van der Waals surface area contributed by atoms with Crippen LogP contribution < -0.4 is 5.32 Å². The van der Waals surface area contributed by atoms with E-state index in [1.807, 2.05) is 6.92 Å². The number of carbonyl (C=O) groups is 1. The van der Waals surface area contributed by atoms with Crippen LogP contribution in [-0.4, -0.2) is 16.3 Å². The summed E-state index contributed by atoms with van der Waals surface area (Å²) in [5.74, 6) is 0.405. The van der Waals surface area contributed by atoms with Crippen molar-refractivity contribution >= 4 is 22.8 Å². The molecule has 0 aromatic heterocycles. The number of benzene rings is 1. The van der Waals surface area contributed by atoms with E-state index in [4.69, 9.17) is 0 Å². The quantitative estimate of drug-likeness (QED) is 0.920. The van der Waals surface area contributed by atoms with Crippen LogP contribution in [0.25, 0.3) is 0 Å². The third-order valence-electron chi connectivity index (χ3n) is 3.20. The predicted octanol–water partition coefficient (Wildman–Crippen LogP) is 3.30. The zero-order valence-electron chi connectivity index (χ0n) is 11.8. The van der Waals surface area contributed by atoms with Crippen LogP contribution in [0.4, 0.5) is 0 Å². The molecule has 102 valence electrons. The lowest BCUT2D eigenvalue weighted by Gasteiger charge is -2.09. The van der Waals surface area contributed by atoms with Crippen LogP contribution in [0, 0.1) is 12.8 Å². The van der Waals surface area contributed by atoms with E-state index >= 15 is 0 Å². The minimum absolute atomic E-state index is 0.0102. The first-order valence-corrected chi connectivity index (χ1v) is 7.47. The molecule has 2 atom stereocenters. The number of nitrogens with zero attached hydrogens (tertiary/aromatic N) is 1. The van der Waals surface area contributed by atoms with Crippen molar-refractivity contribution in [2.45, 2.75) is 39.0 Å². The van der Waals surface area contributed by atoms with E-state index in [1.54, 1.807) is 11.8 Å². The van der Waals surface area contributed by atoms with Crippen molar-refractivity contribution in [3.05, 3.63) is 35.4 Å². The molecule has 1 aliphatic heterocycles. The molecule has 0 bridgehead atoms. The highest BCUT2D eigenvalue weighted by atomic mass is 32.2. The third-order valence-corrected chi connectivity index (χ3v) is 4.65. The summed E-state index contributed by atoms with van der Waals surface area (Å²) in [5.41, 5.74) is 2.41. The minimum Gasteiger partial charge on any atom is -0.304 e. The fourth-order valence-corrected chi connectivity index (χ4v) is 3.03. The summed E-state index contributed by atoms with van der Waals surface area (Å²) in [7, 11) is 0. The van der Waals surface area contributed by atoms with Crippen molar-refractivity contribution in [2.75, 3.05) is 0 Å². The van der Waals surface area contributed by atoms with E-state index < -0.39 is 0 Å². The van der Waals surface area contributed by atoms with Gasteiger partial charge in [-0.05, 0) is 25.3 Å². The molecule has 1 aromatic carbocycles. The number of amides is 1. The predicted molar refractivity (Wildman–Crippen MR) is 81.4 cm³/mol. The number of rotatable bonds is 3. The van der Waals surface area contributed by atoms with E-state index in [0.29, 0.717) is 5.92 Å². The molecule has 1 heterocycles. The standard InChI is InChI=1S/C15H20N2OS/c1-9(2)13-14(18)17-15(19-13)16-11(4)12-7-5-10(3)6-8-12/h5-9,11,13H,1-4H3,(H,16,17,18)/t11?,13-/m1/s1. The largest absolute Gasteiger partial charge is 0.304 e. The number of hydrogen-bond acceptors (Lipinski definition) is 3. The van der Waals surface area contributed by atoms with Gasteiger partial charge in [0, 0.05) is 0 Å². The fourth-order valence-electron chi connectivity index (χ4n) is 1.98. The van der Waals surface area contributed by atoms with Crippen molar-refractivity contribution < 1.29 is 4.79 Å². The van der Waals surface area contributed by atoms with Gasteiger partial charge in [0.1, 0.15) is 0 Å². The summed E-state index contributed by atoms with van der Waals surface area (Å²) in [6.45, 7) is 8.24. The first-order valence-electron chi connectivity index (χ1n) is 6.59. The first kappa shape index (κ1) is 14.1. The highest BCUT2D eigenvalue weighted by molar-refractivity contribution is 8.15. The molecule has 4 heteroatoms. The Morgan fingerprint density at radius 1 is 1.21 bits per heavy atom. The van der Waals surface area contributed by atoms with Gasteiger partial charge in [-0.15, -0.1) is 0 Å². The van der Waals surface area contributed by atoms with Crippen LogP contribution in [0.1, 0.15) is 37.9 Å². The van der Waals surface area contributed by atoms with E-state index in [2.05, 4.69) is 55.3 Å². The monoisotopic (exact) mass is 276 g/mol. The normalized spacial score (nSPS) is 22.9. The number of thioether (sulfide) groups is 1. The highest BCUT2D eigenvalue weighted by Crippen LogP contribution is 2.28. The van der Waals surface area contributed by atoms with Crippen LogP contribution >= 0.6 is 11.8 Å². The lowest BCUT2D eigenvalue weighted by atomic mass is 10.1. The van der Waals surface area contributed by atoms with Gasteiger partial charge in [0.15, 0.2) is 5.17 Å². The molecule has 0 saturated carbocycles. The Balaban J connectivity index is 2.10. The maximum absolute atomic E-state index is 11.8. The smallest absolute Gasteiger partial charge is 0.239 e. The summed E-state index contributed by atoms with van der Waals surface area (Å²) in [6, 6.07) is 8.41. The Hall–Kier alpha value is -1.29. The number of hydrogen-bond donors (Lipinski definition) is 1. The maximum Gasteiger partial charge on any atom is 0.239 e. The molecule has 1 fully saturated rings. The van der Waals surface area contributed by atoms with Gasteiger partial charge in [-0.2, -0.15) is 0 Å². The Labute approximate surface area is 118 Å². The van der Waals surface area contributed by atoms with Crippen LogP contribution in [0.3, 0.4) is 0 Å². The van der Waals surface area contributed by atoms with Crippen LogP contribution in [0.2, 0.25) is 0 Å². The van der Waals surface area contributed by atoms with Crippen molar-refractivity contribution in [2.24, 2.45) is 10.9 Å². The molecule has 1 aromatic rings. The third kappa shape index (κ3) is 3.38. The van der Waals surface area contributed by atoms with E-state index in [-0.39, 0.29) is 17.2 Å². The molecule has 0 radical (unpaired) electrons. The van der Waals surface area contributed by atoms with Gasteiger partial charge in [-0.3, -0.25) is 9.79 Å². The number of aryl methyl sites for hydroxylation is 1. The summed E-state index contributed by atoms with van der Waals surface area (Å²) in [4.78, 5) is 16.4. The van der Waals surface area contributed by atoms with Crippen molar-refractivity contribution in [3.63, 3.8) is 0 Å².